The molecule has 8 heteroatoms. The van der Waals surface area contributed by atoms with E-state index in [-0.39, 0.29) is 17.2 Å². The molecule has 4 rings (SSSR count). The summed E-state index contributed by atoms with van der Waals surface area (Å²) in [6.07, 6.45) is 8.34. The maximum atomic E-state index is 14.3. The van der Waals surface area contributed by atoms with E-state index in [1.54, 1.807) is 36.9 Å². The van der Waals surface area contributed by atoms with E-state index in [0.29, 0.717) is 29.8 Å². The second kappa shape index (κ2) is 6.86. The van der Waals surface area contributed by atoms with E-state index in [9.17, 15) is 4.39 Å². The van der Waals surface area contributed by atoms with E-state index in [1.807, 2.05) is 0 Å². The highest BCUT2D eigenvalue weighted by Gasteiger charge is 2.46. The summed E-state index contributed by atoms with van der Waals surface area (Å²) in [6, 6.07) is 4.83. The van der Waals surface area contributed by atoms with Crippen LogP contribution in [0.2, 0.25) is 0 Å². The van der Waals surface area contributed by atoms with Crippen LogP contribution >= 0.6 is 0 Å². The number of hydrogen-bond acceptors (Lipinski definition) is 7. The summed E-state index contributed by atoms with van der Waals surface area (Å²) in [5.74, 6) is 0.965. The Morgan fingerprint density at radius 3 is 2.59 bits per heavy atom. The Balaban J connectivity index is 1.50. The van der Waals surface area contributed by atoms with E-state index in [1.165, 1.54) is 6.07 Å². The Bertz CT molecular complexity index is 939. The zero-order valence-corrected chi connectivity index (χ0v) is 14.9. The van der Waals surface area contributed by atoms with Gasteiger partial charge in [-0.3, -0.25) is 4.98 Å². The largest absolute Gasteiger partial charge is 0.368 e. The molecule has 0 radical (unpaired) electrons. The van der Waals surface area contributed by atoms with Gasteiger partial charge in [0.1, 0.15) is 5.82 Å². The lowest BCUT2D eigenvalue weighted by atomic mass is 9.60. The van der Waals surface area contributed by atoms with E-state index in [2.05, 4.69) is 37.2 Å². The molecule has 3 heterocycles. The Morgan fingerprint density at radius 2 is 1.93 bits per heavy atom. The van der Waals surface area contributed by atoms with Crippen LogP contribution in [0.3, 0.4) is 0 Å². The zero-order chi connectivity index (χ0) is 18.9. The third-order valence-corrected chi connectivity index (χ3v) is 4.95. The lowest BCUT2D eigenvalue weighted by molar-refractivity contribution is 0.159. The Hall–Kier alpha value is -3.16. The topological polar surface area (TPSA) is 102 Å². The van der Waals surface area contributed by atoms with Gasteiger partial charge in [-0.15, -0.1) is 0 Å². The van der Waals surface area contributed by atoms with E-state index < -0.39 is 0 Å². The van der Waals surface area contributed by atoms with Gasteiger partial charge < -0.3 is 11.1 Å². The number of nitrogens with two attached hydrogens (primary N) is 1. The number of hydrogen-bond donors (Lipinski definition) is 2. The first kappa shape index (κ1) is 17.3. The van der Waals surface area contributed by atoms with Gasteiger partial charge in [-0.25, -0.2) is 24.3 Å². The minimum atomic E-state index is -0.325. The average Bonchev–Trinajstić information content (AvgIpc) is 2.65. The Morgan fingerprint density at radius 1 is 1.15 bits per heavy atom. The van der Waals surface area contributed by atoms with Gasteiger partial charge in [-0.2, -0.15) is 0 Å². The first-order valence-corrected chi connectivity index (χ1v) is 8.81. The molecule has 0 amide bonds. The molecule has 0 spiro atoms. The van der Waals surface area contributed by atoms with Gasteiger partial charge in [0.15, 0.2) is 0 Å². The molecule has 0 aliphatic heterocycles. The lowest BCUT2D eigenvalue weighted by Gasteiger charge is -2.46. The first-order chi connectivity index (χ1) is 13.1. The van der Waals surface area contributed by atoms with Crippen molar-refractivity contribution in [1.82, 2.24) is 24.9 Å². The van der Waals surface area contributed by atoms with Gasteiger partial charge >= 0.3 is 0 Å². The van der Waals surface area contributed by atoms with Crippen LogP contribution in [0.25, 0.3) is 11.3 Å². The van der Waals surface area contributed by atoms with Crippen molar-refractivity contribution in [2.24, 2.45) is 5.92 Å². The molecule has 0 unspecified atom stereocenters. The summed E-state index contributed by atoms with van der Waals surface area (Å²) < 4.78 is 14.3. The molecule has 3 aromatic rings. The van der Waals surface area contributed by atoms with E-state index >= 15 is 0 Å². The van der Waals surface area contributed by atoms with Crippen LogP contribution in [0, 0.1) is 11.7 Å². The van der Waals surface area contributed by atoms with Gasteiger partial charge in [0.2, 0.25) is 11.9 Å². The standard InChI is InChI=1S/C19H20FN7/c1-12-7-19(8-12,16-14(20)3-2-5-22-16)11-26-18-24-9-13(10-25-18)15-4-6-23-17(21)27-15/h2-6,9-10,12H,7-8,11H2,1H3,(H2,21,23,27)(H,24,25,26). The molecule has 27 heavy (non-hydrogen) atoms. The van der Waals surface area contributed by atoms with Crippen LogP contribution in [-0.2, 0) is 5.41 Å². The SMILES string of the molecule is CC1CC(CNc2ncc(-c3ccnc(N)n3)cn2)(c2ncccc2F)C1. The lowest BCUT2D eigenvalue weighted by Crippen LogP contribution is -2.47. The fourth-order valence-corrected chi connectivity index (χ4v) is 3.81. The molecular formula is C19H20FN7. The van der Waals surface area contributed by atoms with Crippen molar-refractivity contribution in [3.05, 3.63) is 54.5 Å². The monoisotopic (exact) mass is 365 g/mol. The fourth-order valence-electron chi connectivity index (χ4n) is 3.81. The predicted octanol–water partition coefficient (Wildman–Crippen LogP) is 2.83. The number of anilines is 2. The Labute approximate surface area is 156 Å². The third-order valence-electron chi connectivity index (χ3n) is 4.95. The number of rotatable bonds is 5. The summed E-state index contributed by atoms with van der Waals surface area (Å²) in [7, 11) is 0. The summed E-state index contributed by atoms with van der Waals surface area (Å²) in [4.78, 5) is 21.0. The van der Waals surface area contributed by atoms with Crippen LogP contribution in [0.4, 0.5) is 16.3 Å². The first-order valence-electron chi connectivity index (χ1n) is 8.81. The zero-order valence-electron chi connectivity index (χ0n) is 14.9. The molecule has 3 N–H and O–H groups in total. The minimum absolute atomic E-state index is 0.202. The predicted molar refractivity (Wildman–Crippen MR) is 100 cm³/mol. The highest BCUT2D eigenvalue weighted by molar-refractivity contribution is 5.58. The van der Waals surface area contributed by atoms with Gasteiger partial charge in [0.25, 0.3) is 0 Å². The fraction of sp³-hybridized carbons (Fsp3) is 0.316. The summed E-state index contributed by atoms with van der Waals surface area (Å²) >= 11 is 0. The highest BCUT2D eigenvalue weighted by atomic mass is 19.1. The molecule has 0 bridgehead atoms. The van der Waals surface area contributed by atoms with Crippen LogP contribution in [0.5, 0.6) is 0 Å². The number of aromatic nitrogens is 5. The number of nitrogen functional groups attached to an aromatic ring is 1. The van der Waals surface area contributed by atoms with Crippen molar-refractivity contribution < 1.29 is 4.39 Å². The van der Waals surface area contributed by atoms with Crippen molar-refractivity contribution in [2.45, 2.75) is 25.2 Å². The van der Waals surface area contributed by atoms with Crippen LogP contribution < -0.4 is 11.1 Å². The molecular weight excluding hydrogens is 345 g/mol. The van der Waals surface area contributed by atoms with Gasteiger partial charge in [-0.05, 0) is 37.0 Å². The molecule has 1 fully saturated rings. The molecule has 7 nitrogen and oxygen atoms in total. The minimum Gasteiger partial charge on any atom is -0.368 e. The second-order valence-electron chi connectivity index (χ2n) is 7.08. The normalized spacial score (nSPS) is 21.5. The molecule has 138 valence electrons. The number of nitrogens with zero attached hydrogens (tertiary/aromatic N) is 5. The Kier molecular flexibility index (Phi) is 4.39. The second-order valence-corrected chi connectivity index (χ2v) is 7.08. The van der Waals surface area contributed by atoms with Crippen LogP contribution in [0.1, 0.15) is 25.5 Å². The number of nitrogens with one attached hydrogen (secondary N) is 1. The molecule has 0 atom stereocenters. The molecule has 3 aromatic heterocycles. The van der Waals surface area contributed by atoms with E-state index in [4.69, 9.17) is 5.73 Å². The van der Waals surface area contributed by atoms with Crippen molar-refractivity contribution in [1.29, 1.82) is 0 Å². The molecule has 1 aliphatic rings. The van der Waals surface area contributed by atoms with Crippen molar-refractivity contribution in [3.63, 3.8) is 0 Å². The number of pyridine rings is 1. The summed E-state index contributed by atoms with van der Waals surface area (Å²) in [5, 5.41) is 3.24. The smallest absolute Gasteiger partial charge is 0.222 e. The molecule has 0 saturated heterocycles. The van der Waals surface area contributed by atoms with Crippen LogP contribution in [-0.4, -0.2) is 31.5 Å². The maximum absolute atomic E-state index is 14.3. The summed E-state index contributed by atoms with van der Waals surface area (Å²) in [6.45, 7) is 2.70. The van der Waals surface area contributed by atoms with Gasteiger partial charge in [0.05, 0.1) is 11.4 Å². The maximum Gasteiger partial charge on any atom is 0.222 e. The quantitative estimate of drug-likeness (QED) is 0.716. The number of halogens is 1. The van der Waals surface area contributed by atoms with Gasteiger partial charge in [0, 0.05) is 42.3 Å². The highest BCUT2D eigenvalue weighted by Crippen LogP contribution is 2.47. The van der Waals surface area contributed by atoms with Crippen LogP contribution in [0.15, 0.2) is 43.0 Å². The van der Waals surface area contributed by atoms with Crippen molar-refractivity contribution >= 4 is 11.9 Å². The van der Waals surface area contributed by atoms with Crippen molar-refractivity contribution in [2.75, 3.05) is 17.6 Å². The molecule has 1 saturated carbocycles. The third kappa shape index (κ3) is 3.42. The van der Waals surface area contributed by atoms with Gasteiger partial charge in [-0.1, -0.05) is 6.92 Å². The van der Waals surface area contributed by atoms with Crippen molar-refractivity contribution in [3.8, 4) is 11.3 Å². The molecule has 1 aliphatic carbocycles. The molecule has 0 aromatic carbocycles. The summed E-state index contributed by atoms with van der Waals surface area (Å²) in [5.41, 5.74) is 7.21. The average molecular weight is 365 g/mol. The van der Waals surface area contributed by atoms with E-state index in [0.717, 1.165) is 18.4 Å².